The van der Waals surface area contributed by atoms with Gasteiger partial charge in [-0.25, -0.2) is 4.68 Å². The number of fused-ring (bicyclic) bond motifs is 1. The Morgan fingerprint density at radius 2 is 1.74 bits per heavy atom. The number of hydrogen-bond acceptors (Lipinski definition) is 3. The standard InChI is InChI=1S/C25H24N4O2/c1-18-10-11-20(14-19(18)2)29-25(27-12-6-7-13-27)22-15-28(16-23(22)26-29)24(30)17-31-21-8-4-3-5-9-21/h3-14H,15-17H2,1-2H3. The van der Waals surface area contributed by atoms with Crippen molar-refractivity contribution in [3.63, 3.8) is 0 Å². The summed E-state index contributed by atoms with van der Waals surface area (Å²) in [7, 11) is 0. The second kappa shape index (κ2) is 7.80. The van der Waals surface area contributed by atoms with Crippen molar-refractivity contribution in [2.75, 3.05) is 6.61 Å². The lowest BCUT2D eigenvalue weighted by molar-refractivity contribution is -0.134. The summed E-state index contributed by atoms with van der Waals surface area (Å²) in [4.78, 5) is 14.6. The molecule has 1 amide bonds. The molecule has 0 unspecified atom stereocenters. The Kier molecular flexibility index (Phi) is 4.82. The van der Waals surface area contributed by atoms with Gasteiger partial charge in [0.1, 0.15) is 11.6 Å². The van der Waals surface area contributed by atoms with E-state index in [4.69, 9.17) is 9.84 Å². The maximum atomic E-state index is 12.8. The van der Waals surface area contributed by atoms with Gasteiger partial charge in [0, 0.05) is 18.0 Å². The number of para-hydroxylation sites is 1. The van der Waals surface area contributed by atoms with Gasteiger partial charge in [-0.15, -0.1) is 0 Å². The number of rotatable bonds is 5. The zero-order chi connectivity index (χ0) is 21.4. The number of amides is 1. The third-order valence-electron chi connectivity index (χ3n) is 5.77. The van der Waals surface area contributed by atoms with Crippen LogP contribution in [0.4, 0.5) is 0 Å². The van der Waals surface area contributed by atoms with Crippen LogP contribution in [0.15, 0.2) is 73.1 Å². The summed E-state index contributed by atoms with van der Waals surface area (Å²) in [5.41, 5.74) is 5.49. The van der Waals surface area contributed by atoms with Crippen molar-refractivity contribution in [2.45, 2.75) is 26.9 Å². The van der Waals surface area contributed by atoms with Crippen LogP contribution < -0.4 is 4.74 Å². The maximum Gasteiger partial charge on any atom is 0.261 e. The molecule has 0 bridgehead atoms. The molecule has 0 saturated heterocycles. The van der Waals surface area contributed by atoms with Gasteiger partial charge in [0.05, 0.1) is 24.5 Å². The number of ether oxygens (including phenoxy) is 1. The molecular weight excluding hydrogens is 388 g/mol. The molecule has 0 fully saturated rings. The number of nitrogens with zero attached hydrogens (tertiary/aromatic N) is 4. The maximum absolute atomic E-state index is 12.8. The van der Waals surface area contributed by atoms with Gasteiger partial charge in [-0.2, -0.15) is 5.10 Å². The fourth-order valence-electron chi connectivity index (χ4n) is 3.91. The van der Waals surface area contributed by atoms with Gasteiger partial charge in [-0.05, 0) is 61.4 Å². The number of carbonyl (C=O) groups excluding carboxylic acids is 1. The second-order valence-corrected chi connectivity index (χ2v) is 7.87. The number of carbonyl (C=O) groups is 1. The van der Waals surface area contributed by atoms with Crippen LogP contribution in [0.2, 0.25) is 0 Å². The number of benzene rings is 2. The van der Waals surface area contributed by atoms with Crippen LogP contribution >= 0.6 is 0 Å². The van der Waals surface area contributed by atoms with Crippen molar-refractivity contribution < 1.29 is 9.53 Å². The first-order valence-electron chi connectivity index (χ1n) is 10.4. The largest absolute Gasteiger partial charge is 0.484 e. The van der Waals surface area contributed by atoms with E-state index in [9.17, 15) is 4.79 Å². The molecule has 5 rings (SSSR count). The molecule has 6 heteroatoms. The fourth-order valence-corrected chi connectivity index (χ4v) is 3.91. The molecule has 0 spiro atoms. The van der Waals surface area contributed by atoms with Crippen molar-refractivity contribution >= 4 is 5.91 Å². The molecule has 2 aromatic carbocycles. The molecule has 0 aliphatic carbocycles. The van der Waals surface area contributed by atoms with Crippen molar-refractivity contribution in [1.29, 1.82) is 0 Å². The lowest BCUT2D eigenvalue weighted by Gasteiger charge is -2.18. The first kappa shape index (κ1) is 19.2. The molecule has 4 aromatic rings. The Balaban J connectivity index is 1.43. The van der Waals surface area contributed by atoms with E-state index in [0.717, 1.165) is 22.8 Å². The number of aromatic nitrogens is 3. The predicted octanol–water partition coefficient (Wildman–Crippen LogP) is 4.20. The summed E-state index contributed by atoms with van der Waals surface area (Å²) >= 11 is 0. The smallest absolute Gasteiger partial charge is 0.261 e. The van der Waals surface area contributed by atoms with Crippen LogP contribution in [0.3, 0.4) is 0 Å². The first-order valence-corrected chi connectivity index (χ1v) is 10.4. The minimum Gasteiger partial charge on any atom is -0.484 e. The van der Waals surface area contributed by atoms with E-state index in [0.29, 0.717) is 18.8 Å². The minimum atomic E-state index is -0.0435. The van der Waals surface area contributed by atoms with Crippen LogP contribution in [0, 0.1) is 13.8 Å². The van der Waals surface area contributed by atoms with E-state index in [-0.39, 0.29) is 12.5 Å². The Hall–Kier alpha value is -3.80. The summed E-state index contributed by atoms with van der Waals surface area (Å²) < 4.78 is 9.70. The second-order valence-electron chi connectivity index (χ2n) is 7.87. The molecule has 31 heavy (non-hydrogen) atoms. The Bertz CT molecular complexity index is 1230. The van der Waals surface area contributed by atoms with Gasteiger partial charge in [0.2, 0.25) is 0 Å². The van der Waals surface area contributed by atoms with Crippen LogP contribution in [0.1, 0.15) is 22.4 Å². The zero-order valence-electron chi connectivity index (χ0n) is 17.7. The van der Waals surface area contributed by atoms with Crippen molar-refractivity contribution in [3.05, 3.63) is 95.4 Å². The minimum absolute atomic E-state index is 0.0182. The molecule has 1 aliphatic rings. The lowest BCUT2D eigenvalue weighted by atomic mass is 10.1. The van der Waals surface area contributed by atoms with E-state index < -0.39 is 0 Å². The Labute approximate surface area is 181 Å². The molecule has 6 nitrogen and oxygen atoms in total. The van der Waals surface area contributed by atoms with Crippen LogP contribution in [-0.2, 0) is 17.9 Å². The fraction of sp³-hybridized carbons (Fsp3) is 0.200. The third-order valence-corrected chi connectivity index (χ3v) is 5.77. The van der Waals surface area contributed by atoms with Gasteiger partial charge < -0.3 is 14.2 Å². The highest BCUT2D eigenvalue weighted by Crippen LogP contribution is 2.31. The highest BCUT2D eigenvalue weighted by atomic mass is 16.5. The van der Waals surface area contributed by atoms with E-state index in [1.807, 2.05) is 59.5 Å². The number of aryl methyl sites for hydroxylation is 2. The predicted molar refractivity (Wildman–Crippen MR) is 119 cm³/mol. The molecule has 0 N–H and O–H groups in total. The Morgan fingerprint density at radius 1 is 0.968 bits per heavy atom. The third kappa shape index (κ3) is 3.61. The van der Waals surface area contributed by atoms with Gasteiger partial charge in [-0.1, -0.05) is 24.3 Å². The molecule has 2 aromatic heterocycles. The summed E-state index contributed by atoms with van der Waals surface area (Å²) in [5, 5.41) is 4.90. The highest BCUT2D eigenvalue weighted by molar-refractivity contribution is 5.78. The highest BCUT2D eigenvalue weighted by Gasteiger charge is 2.31. The van der Waals surface area contributed by atoms with Crippen LogP contribution in [0.25, 0.3) is 11.5 Å². The molecule has 3 heterocycles. The average Bonchev–Trinajstić information content (AvgIpc) is 3.50. The molecule has 0 atom stereocenters. The van der Waals surface area contributed by atoms with Crippen molar-refractivity contribution in [1.82, 2.24) is 19.2 Å². The van der Waals surface area contributed by atoms with Gasteiger partial charge in [-0.3, -0.25) is 4.79 Å². The molecule has 0 saturated carbocycles. The summed E-state index contributed by atoms with van der Waals surface area (Å²) in [6, 6.07) is 19.8. The zero-order valence-corrected chi connectivity index (χ0v) is 17.7. The lowest BCUT2D eigenvalue weighted by Crippen LogP contribution is -2.31. The molecular formula is C25H24N4O2. The van der Waals surface area contributed by atoms with E-state index in [2.05, 4.69) is 36.6 Å². The quantitative estimate of drug-likeness (QED) is 0.494. The average molecular weight is 412 g/mol. The summed E-state index contributed by atoms with van der Waals surface area (Å²) in [5.74, 6) is 1.63. The Morgan fingerprint density at radius 3 is 2.48 bits per heavy atom. The topological polar surface area (TPSA) is 52.3 Å². The van der Waals surface area contributed by atoms with Gasteiger partial charge in [0.25, 0.3) is 5.91 Å². The van der Waals surface area contributed by atoms with Gasteiger partial charge in [0.15, 0.2) is 6.61 Å². The van der Waals surface area contributed by atoms with Crippen LogP contribution in [0.5, 0.6) is 5.75 Å². The molecule has 1 aliphatic heterocycles. The SMILES string of the molecule is Cc1ccc(-n2nc3c(c2-n2cccc2)CN(C(=O)COc2ccccc2)C3)cc1C. The van der Waals surface area contributed by atoms with Gasteiger partial charge >= 0.3 is 0 Å². The normalized spacial score (nSPS) is 12.8. The molecule has 156 valence electrons. The summed E-state index contributed by atoms with van der Waals surface area (Å²) in [6.07, 6.45) is 4.02. The van der Waals surface area contributed by atoms with Crippen LogP contribution in [-0.4, -0.2) is 31.8 Å². The monoisotopic (exact) mass is 412 g/mol. The first-order chi connectivity index (χ1) is 15.1. The van der Waals surface area contributed by atoms with E-state index in [1.165, 1.54) is 11.1 Å². The molecule has 0 radical (unpaired) electrons. The van der Waals surface area contributed by atoms with Crippen molar-refractivity contribution in [3.8, 4) is 17.3 Å². The summed E-state index contributed by atoms with van der Waals surface area (Å²) in [6.45, 7) is 5.24. The van der Waals surface area contributed by atoms with Crippen molar-refractivity contribution in [2.24, 2.45) is 0 Å². The number of hydrogen-bond donors (Lipinski definition) is 0. The van der Waals surface area contributed by atoms with E-state index >= 15 is 0 Å². The van der Waals surface area contributed by atoms with E-state index in [1.54, 1.807) is 4.90 Å².